The first kappa shape index (κ1) is 23.2. The molecule has 9 heteroatoms. The predicted molar refractivity (Wildman–Crippen MR) is 130 cm³/mol. The molecule has 0 bridgehead atoms. The molecule has 0 radical (unpaired) electrons. The summed E-state index contributed by atoms with van der Waals surface area (Å²) < 4.78 is 30.3. The van der Waals surface area contributed by atoms with Crippen molar-refractivity contribution in [3.63, 3.8) is 0 Å². The molecule has 0 aliphatic heterocycles. The van der Waals surface area contributed by atoms with Crippen LogP contribution in [0.5, 0.6) is 0 Å². The monoisotopic (exact) mass is 479 g/mol. The fourth-order valence-electron chi connectivity index (χ4n) is 3.54. The van der Waals surface area contributed by atoms with Gasteiger partial charge in [0.1, 0.15) is 0 Å². The molecule has 3 aromatic carbocycles. The van der Waals surface area contributed by atoms with Crippen LogP contribution in [0.15, 0.2) is 82.8 Å². The van der Waals surface area contributed by atoms with Crippen molar-refractivity contribution in [2.24, 2.45) is 0 Å². The van der Waals surface area contributed by atoms with Crippen molar-refractivity contribution in [3.8, 4) is 5.69 Å². The topological polar surface area (TPSA) is 89.8 Å². The van der Waals surface area contributed by atoms with Gasteiger partial charge in [-0.2, -0.15) is 4.68 Å². The molecule has 0 amide bonds. The van der Waals surface area contributed by atoms with Crippen LogP contribution in [-0.4, -0.2) is 35.2 Å². The van der Waals surface area contributed by atoms with Gasteiger partial charge in [-0.15, -0.1) is 5.10 Å². The number of aryl methyl sites for hydroxylation is 3. The molecule has 1 aromatic heterocycles. The number of benzene rings is 3. The molecule has 0 saturated heterocycles. The van der Waals surface area contributed by atoms with Gasteiger partial charge in [-0.1, -0.05) is 78.0 Å². The van der Waals surface area contributed by atoms with Crippen molar-refractivity contribution in [2.75, 3.05) is 6.54 Å². The van der Waals surface area contributed by atoms with Gasteiger partial charge in [0, 0.05) is 6.54 Å². The highest BCUT2D eigenvalue weighted by Crippen LogP contribution is 2.35. The summed E-state index contributed by atoms with van der Waals surface area (Å²) in [7, 11) is -3.66. The standard InChI is InChI=1S/C24H25N5O2S2/c1-17-12-14-21(15-13-17)33(30,31)25-16-22(20-10-5-4-6-11-20)32-24-26-27-28-29(24)23-18(2)8-7-9-19(23)3/h4-15,22,25H,16H2,1-3H3/t22-/m1/s1. The zero-order valence-electron chi connectivity index (χ0n) is 18.6. The maximum Gasteiger partial charge on any atom is 0.240 e. The van der Waals surface area contributed by atoms with E-state index in [-0.39, 0.29) is 16.7 Å². The molecule has 0 aliphatic rings. The zero-order chi connectivity index (χ0) is 23.4. The maximum atomic E-state index is 12.9. The van der Waals surface area contributed by atoms with Gasteiger partial charge in [-0.25, -0.2) is 13.1 Å². The number of nitrogens with one attached hydrogen (secondary N) is 1. The number of aromatic nitrogens is 4. The zero-order valence-corrected chi connectivity index (χ0v) is 20.3. The molecule has 4 aromatic rings. The number of hydrogen-bond acceptors (Lipinski definition) is 6. The minimum Gasteiger partial charge on any atom is -0.210 e. The van der Waals surface area contributed by atoms with E-state index in [9.17, 15) is 8.42 Å². The first-order valence-corrected chi connectivity index (χ1v) is 12.8. The van der Waals surface area contributed by atoms with Gasteiger partial charge in [0.25, 0.3) is 0 Å². The van der Waals surface area contributed by atoms with Crippen LogP contribution >= 0.6 is 11.8 Å². The third-order valence-corrected chi connectivity index (χ3v) is 7.93. The number of nitrogens with zero attached hydrogens (tertiary/aromatic N) is 4. The van der Waals surface area contributed by atoms with Crippen molar-refractivity contribution in [1.29, 1.82) is 0 Å². The maximum absolute atomic E-state index is 12.9. The Bertz CT molecular complexity index is 1320. The number of rotatable bonds is 8. The minimum atomic E-state index is -3.66. The van der Waals surface area contributed by atoms with E-state index in [0.29, 0.717) is 5.16 Å². The van der Waals surface area contributed by atoms with Crippen LogP contribution in [0.1, 0.15) is 27.5 Å². The van der Waals surface area contributed by atoms with Gasteiger partial charge < -0.3 is 0 Å². The first-order valence-electron chi connectivity index (χ1n) is 10.5. The first-order chi connectivity index (χ1) is 15.8. The summed E-state index contributed by atoms with van der Waals surface area (Å²) in [5.41, 5.74) is 5.02. The molecule has 0 fully saturated rings. The van der Waals surface area contributed by atoms with Crippen LogP contribution in [-0.2, 0) is 10.0 Å². The number of thioether (sulfide) groups is 1. The van der Waals surface area contributed by atoms with E-state index >= 15 is 0 Å². The van der Waals surface area contributed by atoms with Crippen LogP contribution in [0.4, 0.5) is 0 Å². The Balaban J connectivity index is 1.63. The summed E-state index contributed by atoms with van der Waals surface area (Å²) in [5, 5.41) is 12.7. The van der Waals surface area contributed by atoms with Crippen LogP contribution in [0.25, 0.3) is 5.69 Å². The Kier molecular flexibility index (Phi) is 6.92. The summed E-state index contributed by atoms with van der Waals surface area (Å²) in [6.45, 7) is 6.14. The number of tetrazole rings is 1. The Labute approximate surface area is 198 Å². The van der Waals surface area contributed by atoms with Gasteiger partial charge in [-0.3, -0.25) is 0 Å². The molecule has 0 aliphatic carbocycles. The van der Waals surface area contributed by atoms with Crippen LogP contribution in [0, 0.1) is 20.8 Å². The molecule has 170 valence electrons. The Morgan fingerprint density at radius 3 is 2.24 bits per heavy atom. The molecule has 1 N–H and O–H groups in total. The Morgan fingerprint density at radius 1 is 0.909 bits per heavy atom. The summed E-state index contributed by atoms with van der Waals surface area (Å²) in [6, 6.07) is 22.6. The van der Waals surface area contributed by atoms with Gasteiger partial charge in [0.05, 0.1) is 15.8 Å². The molecule has 7 nitrogen and oxygen atoms in total. The van der Waals surface area contributed by atoms with Gasteiger partial charge in [0.15, 0.2) is 0 Å². The van der Waals surface area contributed by atoms with Gasteiger partial charge in [0.2, 0.25) is 15.2 Å². The predicted octanol–water partition coefficient (Wildman–Crippen LogP) is 4.40. The third kappa shape index (κ3) is 5.32. The van der Waals surface area contributed by atoms with Crippen LogP contribution < -0.4 is 4.72 Å². The molecule has 0 unspecified atom stereocenters. The van der Waals surface area contributed by atoms with Crippen molar-refractivity contribution in [2.45, 2.75) is 36.1 Å². The Hall–Kier alpha value is -3.01. The van der Waals surface area contributed by atoms with Crippen LogP contribution in [0.3, 0.4) is 0 Å². The van der Waals surface area contributed by atoms with Gasteiger partial charge >= 0.3 is 0 Å². The van der Waals surface area contributed by atoms with Crippen molar-refractivity contribution >= 4 is 21.8 Å². The lowest BCUT2D eigenvalue weighted by atomic mass is 10.1. The average Bonchev–Trinajstić information content (AvgIpc) is 3.25. The fourth-order valence-corrected chi connectivity index (χ4v) is 5.72. The molecule has 0 spiro atoms. The number of para-hydroxylation sites is 1. The highest BCUT2D eigenvalue weighted by atomic mass is 32.2. The van der Waals surface area contributed by atoms with E-state index in [1.54, 1.807) is 28.9 Å². The van der Waals surface area contributed by atoms with Crippen molar-refractivity contribution < 1.29 is 8.42 Å². The van der Waals surface area contributed by atoms with E-state index in [1.165, 1.54) is 11.8 Å². The smallest absolute Gasteiger partial charge is 0.210 e. The molecular weight excluding hydrogens is 454 g/mol. The molecule has 33 heavy (non-hydrogen) atoms. The summed E-state index contributed by atoms with van der Waals surface area (Å²) in [6.07, 6.45) is 0. The fraction of sp³-hybridized carbons (Fsp3) is 0.208. The number of sulfonamides is 1. The second-order valence-electron chi connectivity index (χ2n) is 7.80. The molecule has 1 atom stereocenters. The normalized spacial score (nSPS) is 12.6. The lowest BCUT2D eigenvalue weighted by Gasteiger charge is -2.18. The van der Waals surface area contributed by atoms with E-state index in [0.717, 1.165) is 27.9 Å². The van der Waals surface area contributed by atoms with Crippen molar-refractivity contribution in [1.82, 2.24) is 24.9 Å². The average molecular weight is 480 g/mol. The molecule has 1 heterocycles. The largest absolute Gasteiger partial charge is 0.240 e. The second-order valence-corrected chi connectivity index (χ2v) is 10.7. The summed E-state index contributed by atoms with van der Waals surface area (Å²) in [4.78, 5) is 0.241. The van der Waals surface area contributed by atoms with E-state index in [1.807, 2.05) is 69.3 Å². The van der Waals surface area contributed by atoms with E-state index < -0.39 is 10.0 Å². The number of hydrogen-bond donors (Lipinski definition) is 1. The highest BCUT2D eigenvalue weighted by Gasteiger charge is 2.23. The lowest BCUT2D eigenvalue weighted by Crippen LogP contribution is -2.28. The molecule has 4 rings (SSSR count). The molecular formula is C24H25N5O2S2. The van der Waals surface area contributed by atoms with Crippen molar-refractivity contribution in [3.05, 3.63) is 95.1 Å². The van der Waals surface area contributed by atoms with E-state index in [4.69, 9.17) is 0 Å². The Morgan fingerprint density at radius 2 is 1.58 bits per heavy atom. The summed E-state index contributed by atoms with van der Waals surface area (Å²) >= 11 is 1.43. The lowest BCUT2D eigenvalue weighted by molar-refractivity contribution is 0.581. The summed E-state index contributed by atoms with van der Waals surface area (Å²) in [5.74, 6) is 0. The second kappa shape index (κ2) is 9.86. The molecule has 0 saturated carbocycles. The third-order valence-electron chi connectivity index (χ3n) is 5.30. The minimum absolute atomic E-state index is 0.185. The van der Waals surface area contributed by atoms with Crippen LogP contribution in [0.2, 0.25) is 0 Å². The highest BCUT2D eigenvalue weighted by molar-refractivity contribution is 7.99. The SMILES string of the molecule is Cc1ccc(S(=O)(=O)NC[C@@H](Sc2nnnn2-c2c(C)cccc2C)c2ccccc2)cc1. The van der Waals surface area contributed by atoms with Gasteiger partial charge in [-0.05, 0) is 60.0 Å². The van der Waals surface area contributed by atoms with E-state index in [2.05, 4.69) is 20.2 Å². The quantitative estimate of drug-likeness (QED) is 0.377.